The highest BCUT2D eigenvalue weighted by atomic mass is 16.4. The largest absolute Gasteiger partial charge is 0.476 e. The number of aromatic nitrogens is 1. The summed E-state index contributed by atoms with van der Waals surface area (Å²) in [6, 6.07) is 0. The van der Waals surface area contributed by atoms with Crippen LogP contribution < -0.4 is 0 Å². The van der Waals surface area contributed by atoms with Gasteiger partial charge in [0.1, 0.15) is 6.26 Å². The van der Waals surface area contributed by atoms with E-state index in [2.05, 4.69) is 18.8 Å². The molecule has 1 atom stereocenters. The van der Waals surface area contributed by atoms with Gasteiger partial charge in [0, 0.05) is 6.42 Å². The molecule has 1 rings (SSSR count). The lowest BCUT2D eigenvalue weighted by Gasteiger charge is -2.02. The van der Waals surface area contributed by atoms with Crippen LogP contribution >= 0.6 is 0 Å². The highest BCUT2D eigenvalue weighted by Crippen LogP contribution is 2.11. The Hall–Kier alpha value is -1.32. The molecule has 1 aromatic rings. The van der Waals surface area contributed by atoms with Gasteiger partial charge in [-0.2, -0.15) is 0 Å². The summed E-state index contributed by atoms with van der Waals surface area (Å²) in [6.07, 6.45) is 2.91. The smallest absolute Gasteiger partial charge is 0.357 e. The van der Waals surface area contributed by atoms with E-state index in [1.165, 1.54) is 6.26 Å². The minimum atomic E-state index is -1.04. The Morgan fingerprint density at radius 2 is 2.46 bits per heavy atom. The topological polar surface area (TPSA) is 63.3 Å². The molecule has 1 heterocycles. The van der Waals surface area contributed by atoms with Gasteiger partial charge in [-0.05, 0) is 5.92 Å². The lowest BCUT2D eigenvalue weighted by Crippen LogP contribution is -2.00. The molecule has 0 bridgehead atoms. The molecule has 0 aliphatic carbocycles. The molecule has 1 aromatic heterocycles. The molecular weight excluding hydrogens is 170 g/mol. The van der Waals surface area contributed by atoms with E-state index in [0.717, 1.165) is 6.42 Å². The molecule has 1 unspecified atom stereocenters. The van der Waals surface area contributed by atoms with Crippen LogP contribution in [0.15, 0.2) is 10.7 Å². The van der Waals surface area contributed by atoms with Crippen LogP contribution in [0.4, 0.5) is 0 Å². The van der Waals surface area contributed by atoms with Crippen molar-refractivity contribution in [2.75, 3.05) is 0 Å². The number of hydrogen-bond donors (Lipinski definition) is 1. The van der Waals surface area contributed by atoms with E-state index in [1.807, 2.05) is 0 Å². The summed E-state index contributed by atoms with van der Waals surface area (Å²) in [6.45, 7) is 4.15. The van der Waals surface area contributed by atoms with Gasteiger partial charge < -0.3 is 9.52 Å². The lowest BCUT2D eigenvalue weighted by atomic mass is 10.1. The summed E-state index contributed by atoms with van der Waals surface area (Å²) in [5, 5.41) is 8.57. The first-order valence-corrected chi connectivity index (χ1v) is 4.31. The van der Waals surface area contributed by atoms with Gasteiger partial charge in [-0.1, -0.05) is 20.3 Å². The highest BCUT2D eigenvalue weighted by molar-refractivity contribution is 5.84. The molecule has 0 saturated heterocycles. The average molecular weight is 183 g/mol. The average Bonchev–Trinajstić information content (AvgIpc) is 2.52. The van der Waals surface area contributed by atoms with Gasteiger partial charge in [0.2, 0.25) is 0 Å². The predicted octanol–water partition coefficient (Wildman–Crippen LogP) is 1.96. The lowest BCUT2D eigenvalue weighted by molar-refractivity contribution is 0.0690. The molecule has 0 amide bonds. The number of rotatable bonds is 4. The number of carboxylic acid groups (broad SMARTS) is 1. The zero-order valence-electron chi connectivity index (χ0n) is 7.78. The Morgan fingerprint density at radius 1 is 1.77 bits per heavy atom. The fourth-order valence-electron chi connectivity index (χ4n) is 0.945. The van der Waals surface area contributed by atoms with Crippen molar-refractivity contribution in [2.24, 2.45) is 5.92 Å². The molecule has 0 aliphatic heterocycles. The zero-order valence-corrected chi connectivity index (χ0v) is 7.78. The van der Waals surface area contributed by atoms with E-state index < -0.39 is 5.97 Å². The Bertz CT molecular complexity index is 293. The fourth-order valence-corrected chi connectivity index (χ4v) is 0.945. The Morgan fingerprint density at radius 3 is 2.92 bits per heavy atom. The van der Waals surface area contributed by atoms with Crippen molar-refractivity contribution in [3.05, 3.63) is 17.8 Å². The summed E-state index contributed by atoms with van der Waals surface area (Å²) in [5.41, 5.74) is -0.0155. The normalized spacial score (nSPS) is 12.8. The Kier molecular flexibility index (Phi) is 3.06. The number of nitrogens with zero attached hydrogens (tertiary/aromatic N) is 1. The van der Waals surface area contributed by atoms with Gasteiger partial charge in [0.05, 0.1) is 0 Å². The molecule has 0 aliphatic rings. The van der Waals surface area contributed by atoms with Gasteiger partial charge in [-0.3, -0.25) is 0 Å². The van der Waals surface area contributed by atoms with Crippen molar-refractivity contribution in [2.45, 2.75) is 26.7 Å². The number of oxazole rings is 1. The molecule has 72 valence electrons. The first-order valence-electron chi connectivity index (χ1n) is 4.31. The number of aromatic carboxylic acids is 1. The maximum absolute atomic E-state index is 10.4. The van der Waals surface area contributed by atoms with Crippen molar-refractivity contribution in [1.29, 1.82) is 0 Å². The van der Waals surface area contributed by atoms with E-state index in [-0.39, 0.29) is 5.69 Å². The summed E-state index contributed by atoms with van der Waals surface area (Å²) in [4.78, 5) is 14.3. The summed E-state index contributed by atoms with van der Waals surface area (Å²) in [5.74, 6) is -0.0637. The van der Waals surface area contributed by atoms with Crippen molar-refractivity contribution >= 4 is 5.97 Å². The number of carbonyl (C=O) groups is 1. The van der Waals surface area contributed by atoms with Crippen molar-refractivity contribution in [3.8, 4) is 0 Å². The number of carboxylic acids is 1. The molecule has 0 radical (unpaired) electrons. The van der Waals surface area contributed by atoms with Crippen LogP contribution in [0.2, 0.25) is 0 Å². The van der Waals surface area contributed by atoms with Crippen LogP contribution in [0.5, 0.6) is 0 Å². The fraction of sp³-hybridized carbons (Fsp3) is 0.556. The predicted molar refractivity (Wildman–Crippen MR) is 46.6 cm³/mol. The minimum absolute atomic E-state index is 0.0155. The van der Waals surface area contributed by atoms with E-state index in [0.29, 0.717) is 18.2 Å². The highest BCUT2D eigenvalue weighted by Gasteiger charge is 2.11. The van der Waals surface area contributed by atoms with Crippen LogP contribution in [0.25, 0.3) is 0 Å². The first kappa shape index (κ1) is 9.77. The van der Waals surface area contributed by atoms with Crippen LogP contribution in [0, 0.1) is 5.92 Å². The molecule has 0 aromatic carbocycles. The molecule has 4 heteroatoms. The van der Waals surface area contributed by atoms with E-state index in [1.54, 1.807) is 0 Å². The third-order valence-corrected chi connectivity index (χ3v) is 1.99. The maximum Gasteiger partial charge on any atom is 0.357 e. The third kappa shape index (κ3) is 2.57. The molecule has 1 N–H and O–H groups in total. The number of hydrogen-bond acceptors (Lipinski definition) is 3. The molecule has 0 saturated carbocycles. The molecule has 0 spiro atoms. The van der Waals surface area contributed by atoms with Crippen molar-refractivity contribution < 1.29 is 14.3 Å². The summed E-state index contributed by atoms with van der Waals surface area (Å²) in [7, 11) is 0. The summed E-state index contributed by atoms with van der Waals surface area (Å²) >= 11 is 0. The minimum Gasteiger partial charge on any atom is -0.476 e. The van der Waals surface area contributed by atoms with Crippen LogP contribution in [0.1, 0.15) is 36.6 Å². The SMILES string of the molecule is CCC(C)Cc1nc(C(=O)O)co1. The monoisotopic (exact) mass is 183 g/mol. The van der Waals surface area contributed by atoms with Crippen LogP contribution in [0.3, 0.4) is 0 Å². The van der Waals surface area contributed by atoms with E-state index in [9.17, 15) is 4.79 Å². The maximum atomic E-state index is 10.4. The van der Waals surface area contributed by atoms with Gasteiger partial charge >= 0.3 is 5.97 Å². The molecule has 13 heavy (non-hydrogen) atoms. The van der Waals surface area contributed by atoms with Gasteiger partial charge in [0.25, 0.3) is 0 Å². The molecular formula is C9H13NO3. The molecule has 0 fully saturated rings. The first-order chi connectivity index (χ1) is 6.13. The van der Waals surface area contributed by atoms with E-state index in [4.69, 9.17) is 9.52 Å². The van der Waals surface area contributed by atoms with Gasteiger partial charge in [-0.25, -0.2) is 9.78 Å². The second kappa shape index (κ2) is 4.07. The second-order valence-corrected chi connectivity index (χ2v) is 3.15. The molecule has 4 nitrogen and oxygen atoms in total. The Balaban J connectivity index is 2.64. The zero-order chi connectivity index (χ0) is 9.84. The van der Waals surface area contributed by atoms with Crippen LogP contribution in [-0.4, -0.2) is 16.1 Å². The standard InChI is InChI=1S/C9H13NO3/c1-3-6(2)4-8-10-7(5-13-8)9(11)12/h5-6H,3-4H2,1-2H3,(H,11,12). The van der Waals surface area contributed by atoms with Crippen molar-refractivity contribution in [3.63, 3.8) is 0 Å². The summed E-state index contributed by atoms with van der Waals surface area (Å²) < 4.78 is 5.01. The quantitative estimate of drug-likeness (QED) is 0.775. The van der Waals surface area contributed by atoms with Gasteiger partial charge in [0.15, 0.2) is 11.6 Å². The van der Waals surface area contributed by atoms with Gasteiger partial charge in [-0.15, -0.1) is 0 Å². The van der Waals surface area contributed by atoms with Crippen LogP contribution in [-0.2, 0) is 6.42 Å². The Labute approximate surface area is 76.6 Å². The second-order valence-electron chi connectivity index (χ2n) is 3.15. The third-order valence-electron chi connectivity index (χ3n) is 1.99. The van der Waals surface area contributed by atoms with E-state index >= 15 is 0 Å². The van der Waals surface area contributed by atoms with Crippen molar-refractivity contribution in [1.82, 2.24) is 4.98 Å².